The molecule has 0 bridgehead atoms. The van der Waals surface area contributed by atoms with Gasteiger partial charge in [0.2, 0.25) is 11.5 Å². The Kier molecular flexibility index (Phi) is 6.86. The number of carbonyl (C=O) groups is 2. The van der Waals surface area contributed by atoms with Crippen molar-refractivity contribution >= 4 is 23.5 Å². The van der Waals surface area contributed by atoms with Crippen LogP contribution in [0.2, 0.25) is 0 Å². The van der Waals surface area contributed by atoms with Crippen LogP contribution in [0, 0.1) is 5.82 Å². The first-order chi connectivity index (χ1) is 16.9. The van der Waals surface area contributed by atoms with E-state index in [-0.39, 0.29) is 23.8 Å². The Bertz CT molecular complexity index is 1290. The first-order valence-corrected chi connectivity index (χ1v) is 10.5. The zero-order valence-corrected chi connectivity index (χ0v) is 19.2. The fourth-order valence-corrected chi connectivity index (χ4v) is 3.49. The van der Waals surface area contributed by atoms with Crippen molar-refractivity contribution in [2.45, 2.75) is 0 Å². The molecule has 0 fully saturated rings. The highest BCUT2D eigenvalue weighted by molar-refractivity contribution is 6.14. The van der Waals surface area contributed by atoms with E-state index in [1.165, 1.54) is 45.6 Å². The van der Waals surface area contributed by atoms with Crippen molar-refractivity contribution < 1.29 is 37.7 Å². The number of nitrogens with one attached hydrogen (secondary N) is 1. The lowest BCUT2D eigenvalue weighted by atomic mass is 10.1. The van der Waals surface area contributed by atoms with Crippen molar-refractivity contribution in [2.24, 2.45) is 0 Å². The summed E-state index contributed by atoms with van der Waals surface area (Å²) in [4.78, 5) is 24.9. The van der Waals surface area contributed by atoms with Crippen molar-refractivity contribution in [2.75, 3.05) is 33.3 Å². The van der Waals surface area contributed by atoms with Crippen LogP contribution in [0.25, 0.3) is 6.08 Å². The summed E-state index contributed by atoms with van der Waals surface area (Å²) in [5.74, 6) is 0.625. The molecule has 0 saturated heterocycles. The number of anilines is 1. The third-order valence-corrected chi connectivity index (χ3v) is 5.14. The molecule has 0 aromatic heterocycles. The second-order valence-corrected chi connectivity index (χ2v) is 7.37. The molecule has 0 saturated carbocycles. The molecule has 3 aromatic rings. The minimum atomic E-state index is -0.545. The lowest BCUT2D eigenvalue weighted by molar-refractivity contribution is -0.118. The van der Waals surface area contributed by atoms with Crippen molar-refractivity contribution in [3.05, 3.63) is 77.3 Å². The summed E-state index contributed by atoms with van der Waals surface area (Å²) in [6, 6.07) is 13.8. The fraction of sp³-hybridized carbons (Fsp3) is 0.154. The number of benzene rings is 3. The highest BCUT2D eigenvalue weighted by Crippen LogP contribution is 2.40. The zero-order chi connectivity index (χ0) is 24.9. The number of ether oxygens (including phenoxy) is 5. The average molecular weight is 479 g/mol. The van der Waals surface area contributed by atoms with Gasteiger partial charge in [-0.05, 0) is 48.0 Å². The summed E-state index contributed by atoms with van der Waals surface area (Å²) >= 11 is 0. The van der Waals surface area contributed by atoms with Crippen LogP contribution >= 0.6 is 0 Å². The molecular weight excluding hydrogens is 457 g/mol. The van der Waals surface area contributed by atoms with Crippen LogP contribution in [-0.2, 0) is 4.79 Å². The summed E-state index contributed by atoms with van der Waals surface area (Å²) in [5.41, 5.74) is 1.02. The number of Topliss-reactive ketones (excluding diaryl/α,β-unsaturated/α-hetero) is 1. The molecule has 1 aliphatic heterocycles. The summed E-state index contributed by atoms with van der Waals surface area (Å²) < 4.78 is 40.9. The average Bonchev–Trinajstić information content (AvgIpc) is 3.17. The van der Waals surface area contributed by atoms with E-state index in [0.717, 1.165) is 0 Å². The number of allylic oxidation sites excluding steroid dienone is 1. The molecule has 1 aliphatic rings. The van der Waals surface area contributed by atoms with Crippen molar-refractivity contribution in [3.63, 3.8) is 0 Å². The molecule has 35 heavy (non-hydrogen) atoms. The molecule has 0 radical (unpaired) electrons. The second kappa shape index (κ2) is 10.2. The number of fused-ring (bicyclic) bond motifs is 1. The van der Waals surface area contributed by atoms with Gasteiger partial charge in [-0.1, -0.05) is 12.1 Å². The minimum absolute atomic E-state index is 0.0607. The standard InChI is InChI=1S/C26H22FNO7/c1-31-22-11-15(12-23(32-2)26(22)33-3)10-21-25(30)17-9-8-16(13-20(17)35-21)34-14-24(29)28-19-7-5-4-6-18(19)27/h4-13H,14H2,1-3H3,(H,28,29). The Hall–Kier alpha value is -4.53. The van der Waals surface area contributed by atoms with Gasteiger partial charge in [0.25, 0.3) is 5.91 Å². The van der Waals surface area contributed by atoms with E-state index in [2.05, 4.69) is 5.32 Å². The molecule has 9 heteroatoms. The molecule has 8 nitrogen and oxygen atoms in total. The van der Waals surface area contributed by atoms with Gasteiger partial charge in [0.05, 0.1) is 32.6 Å². The summed E-state index contributed by atoms with van der Waals surface area (Å²) in [7, 11) is 4.50. The number of para-hydroxylation sites is 1. The molecule has 0 unspecified atom stereocenters. The monoisotopic (exact) mass is 479 g/mol. The Balaban J connectivity index is 1.48. The Morgan fingerprint density at radius 3 is 2.37 bits per heavy atom. The molecule has 1 N–H and O–H groups in total. The Morgan fingerprint density at radius 2 is 1.71 bits per heavy atom. The largest absolute Gasteiger partial charge is 0.493 e. The van der Waals surface area contributed by atoms with E-state index in [1.54, 1.807) is 36.4 Å². The molecule has 180 valence electrons. The zero-order valence-electron chi connectivity index (χ0n) is 19.2. The molecule has 1 amide bonds. The van der Waals surface area contributed by atoms with Crippen LogP contribution in [-0.4, -0.2) is 39.6 Å². The van der Waals surface area contributed by atoms with Crippen molar-refractivity contribution in [3.8, 4) is 28.7 Å². The van der Waals surface area contributed by atoms with E-state index < -0.39 is 11.7 Å². The quantitative estimate of drug-likeness (QED) is 0.476. The van der Waals surface area contributed by atoms with Gasteiger partial charge < -0.3 is 29.0 Å². The van der Waals surface area contributed by atoms with Gasteiger partial charge >= 0.3 is 0 Å². The summed E-state index contributed by atoms with van der Waals surface area (Å²) in [6.45, 7) is -0.352. The van der Waals surface area contributed by atoms with E-state index >= 15 is 0 Å². The third kappa shape index (κ3) is 5.03. The highest BCUT2D eigenvalue weighted by Gasteiger charge is 2.28. The number of amides is 1. The lowest BCUT2D eigenvalue weighted by Gasteiger charge is -2.13. The Labute approximate surface area is 200 Å². The first-order valence-electron chi connectivity index (χ1n) is 10.5. The topological polar surface area (TPSA) is 92.3 Å². The molecule has 0 spiro atoms. The van der Waals surface area contributed by atoms with E-state index in [4.69, 9.17) is 23.7 Å². The smallest absolute Gasteiger partial charge is 0.262 e. The van der Waals surface area contributed by atoms with Gasteiger partial charge in [0.1, 0.15) is 17.3 Å². The number of carbonyl (C=O) groups excluding carboxylic acids is 2. The number of hydrogen-bond donors (Lipinski definition) is 1. The van der Waals surface area contributed by atoms with Gasteiger partial charge in [-0.3, -0.25) is 9.59 Å². The molecule has 1 heterocycles. The van der Waals surface area contributed by atoms with Crippen LogP contribution in [0.3, 0.4) is 0 Å². The molecular formula is C26H22FNO7. The van der Waals surface area contributed by atoms with Gasteiger partial charge in [-0.15, -0.1) is 0 Å². The number of hydrogen-bond acceptors (Lipinski definition) is 7. The Morgan fingerprint density at radius 1 is 1.00 bits per heavy atom. The van der Waals surface area contributed by atoms with Gasteiger partial charge in [0, 0.05) is 6.07 Å². The molecule has 0 aliphatic carbocycles. The fourth-order valence-electron chi connectivity index (χ4n) is 3.49. The van der Waals surface area contributed by atoms with Crippen LogP contribution in [0.4, 0.5) is 10.1 Å². The lowest BCUT2D eigenvalue weighted by Crippen LogP contribution is -2.20. The summed E-state index contributed by atoms with van der Waals surface area (Å²) in [6.07, 6.45) is 1.56. The summed E-state index contributed by atoms with van der Waals surface area (Å²) in [5, 5.41) is 2.44. The first kappa shape index (κ1) is 23.6. The predicted molar refractivity (Wildman–Crippen MR) is 126 cm³/mol. The molecule has 3 aromatic carbocycles. The van der Waals surface area contributed by atoms with Crippen molar-refractivity contribution in [1.82, 2.24) is 0 Å². The van der Waals surface area contributed by atoms with Crippen LogP contribution in [0.1, 0.15) is 15.9 Å². The third-order valence-electron chi connectivity index (χ3n) is 5.14. The predicted octanol–water partition coefficient (Wildman–Crippen LogP) is 4.49. The number of methoxy groups -OCH3 is 3. The SMILES string of the molecule is COc1cc(C=C2Oc3cc(OCC(=O)Nc4ccccc4F)ccc3C2=O)cc(OC)c1OC. The molecule has 4 rings (SSSR count). The maximum atomic E-state index is 13.7. The number of ketones is 1. The maximum Gasteiger partial charge on any atom is 0.262 e. The van der Waals surface area contributed by atoms with E-state index in [9.17, 15) is 14.0 Å². The van der Waals surface area contributed by atoms with E-state index in [0.29, 0.717) is 39.9 Å². The second-order valence-electron chi connectivity index (χ2n) is 7.37. The van der Waals surface area contributed by atoms with Crippen LogP contribution in [0.5, 0.6) is 28.7 Å². The van der Waals surface area contributed by atoms with Crippen molar-refractivity contribution in [1.29, 1.82) is 0 Å². The molecule has 0 atom stereocenters. The van der Waals surface area contributed by atoms with Gasteiger partial charge in [0.15, 0.2) is 23.9 Å². The number of rotatable bonds is 8. The van der Waals surface area contributed by atoms with E-state index in [1.807, 2.05) is 0 Å². The maximum absolute atomic E-state index is 13.7. The van der Waals surface area contributed by atoms with Crippen LogP contribution in [0.15, 0.2) is 60.4 Å². The minimum Gasteiger partial charge on any atom is -0.493 e. The van der Waals surface area contributed by atoms with Crippen LogP contribution < -0.4 is 29.0 Å². The van der Waals surface area contributed by atoms with Gasteiger partial charge in [-0.25, -0.2) is 4.39 Å². The number of halogens is 1. The van der Waals surface area contributed by atoms with Gasteiger partial charge in [-0.2, -0.15) is 0 Å². The highest BCUT2D eigenvalue weighted by atomic mass is 19.1. The normalized spacial score (nSPS) is 13.1.